The predicted octanol–water partition coefficient (Wildman–Crippen LogP) is 2.82. The highest BCUT2D eigenvalue weighted by Crippen LogP contribution is 2.22. The number of rotatable bonds is 2. The minimum atomic E-state index is -2.55. The van der Waals surface area contributed by atoms with E-state index < -0.39 is 17.8 Å². The minimum Gasteiger partial charge on any atom is -0.304 e. The van der Waals surface area contributed by atoms with E-state index in [1.54, 1.807) is 0 Å². The van der Waals surface area contributed by atoms with Gasteiger partial charge in [-0.3, -0.25) is 4.79 Å². The van der Waals surface area contributed by atoms with E-state index in [1.165, 1.54) is 31.2 Å². The Labute approximate surface area is 100 Å². The molecule has 0 aliphatic carbocycles. The number of nitrogens with zero attached hydrogens (tertiary/aromatic N) is 1. The van der Waals surface area contributed by atoms with Crippen LogP contribution in [0, 0.1) is 12.7 Å². The van der Waals surface area contributed by atoms with Crippen LogP contribution in [0.15, 0.2) is 29.1 Å². The fourth-order valence-electron chi connectivity index (χ4n) is 1.49. The molecule has 0 spiro atoms. The zero-order valence-corrected chi connectivity index (χ0v) is 9.38. The SMILES string of the molecule is Cc1nc(-c2ccc(C(F)F)cc2)[nH]c(=O)c1F. The molecule has 1 heterocycles. The van der Waals surface area contributed by atoms with Crippen LogP contribution in [0.25, 0.3) is 11.4 Å². The summed E-state index contributed by atoms with van der Waals surface area (Å²) in [6.45, 7) is 1.36. The van der Waals surface area contributed by atoms with E-state index in [-0.39, 0.29) is 17.1 Å². The molecule has 6 heteroatoms. The van der Waals surface area contributed by atoms with Gasteiger partial charge in [0.2, 0.25) is 5.82 Å². The van der Waals surface area contributed by atoms with Gasteiger partial charge in [0, 0.05) is 11.1 Å². The molecule has 0 saturated heterocycles. The van der Waals surface area contributed by atoms with Crippen LogP contribution in [-0.4, -0.2) is 9.97 Å². The number of nitrogens with one attached hydrogen (secondary N) is 1. The third kappa shape index (κ3) is 2.27. The topological polar surface area (TPSA) is 45.8 Å². The molecule has 0 radical (unpaired) electrons. The Morgan fingerprint density at radius 2 is 1.83 bits per heavy atom. The van der Waals surface area contributed by atoms with Gasteiger partial charge in [0.05, 0.1) is 5.69 Å². The summed E-state index contributed by atoms with van der Waals surface area (Å²) < 4.78 is 37.8. The van der Waals surface area contributed by atoms with Gasteiger partial charge < -0.3 is 4.98 Å². The van der Waals surface area contributed by atoms with Gasteiger partial charge in [-0.25, -0.2) is 13.8 Å². The molecule has 0 atom stereocenters. The molecule has 0 bridgehead atoms. The highest BCUT2D eigenvalue weighted by molar-refractivity contribution is 5.55. The first-order valence-corrected chi connectivity index (χ1v) is 5.14. The number of aromatic nitrogens is 2. The summed E-state index contributed by atoms with van der Waals surface area (Å²) >= 11 is 0. The Morgan fingerprint density at radius 1 is 1.22 bits per heavy atom. The number of aromatic amines is 1. The van der Waals surface area contributed by atoms with Gasteiger partial charge in [0.25, 0.3) is 12.0 Å². The maximum Gasteiger partial charge on any atom is 0.287 e. The Kier molecular flexibility index (Phi) is 3.18. The van der Waals surface area contributed by atoms with Crippen LogP contribution in [0.1, 0.15) is 17.7 Å². The van der Waals surface area contributed by atoms with Gasteiger partial charge >= 0.3 is 0 Å². The lowest BCUT2D eigenvalue weighted by atomic mass is 10.1. The monoisotopic (exact) mass is 254 g/mol. The predicted molar refractivity (Wildman–Crippen MR) is 59.9 cm³/mol. The number of H-pyrrole nitrogens is 1. The fraction of sp³-hybridized carbons (Fsp3) is 0.167. The van der Waals surface area contributed by atoms with E-state index in [4.69, 9.17) is 0 Å². The van der Waals surface area contributed by atoms with E-state index >= 15 is 0 Å². The first kappa shape index (κ1) is 12.3. The molecule has 3 nitrogen and oxygen atoms in total. The molecule has 0 aliphatic rings. The molecule has 18 heavy (non-hydrogen) atoms. The van der Waals surface area contributed by atoms with Crippen molar-refractivity contribution in [2.45, 2.75) is 13.3 Å². The van der Waals surface area contributed by atoms with Crippen molar-refractivity contribution in [2.75, 3.05) is 0 Å². The Bertz CT molecular complexity index is 620. The van der Waals surface area contributed by atoms with Crippen LogP contribution in [0.3, 0.4) is 0 Å². The van der Waals surface area contributed by atoms with E-state index in [1.807, 2.05) is 0 Å². The van der Waals surface area contributed by atoms with Crippen molar-refractivity contribution in [3.8, 4) is 11.4 Å². The lowest BCUT2D eigenvalue weighted by molar-refractivity contribution is 0.151. The lowest BCUT2D eigenvalue weighted by Crippen LogP contribution is -2.15. The first-order chi connectivity index (χ1) is 8.49. The first-order valence-electron chi connectivity index (χ1n) is 5.14. The molecule has 94 valence electrons. The minimum absolute atomic E-state index is 0.0355. The van der Waals surface area contributed by atoms with Crippen LogP contribution in [0.2, 0.25) is 0 Å². The molecule has 0 saturated carbocycles. The summed E-state index contributed by atoms with van der Waals surface area (Å²) in [4.78, 5) is 17.3. The molecular weight excluding hydrogens is 245 g/mol. The van der Waals surface area contributed by atoms with Crippen molar-refractivity contribution in [1.82, 2.24) is 9.97 Å². The maximum atomic E-state index is 13.1. The van der Waals surface area contributed by atoms with Gasteiger partial charge in [-0.15, -0.1) is 0 Å². The average molecular weight is 254 g/mol. The van der Waals surface area contributed by atoms with E-state index in [0.717, 1.165) is 0 Å². The molecule has 1 aromatic carbocycles. The Morgan fingerprint density at radius 3 is 2.33 bits per heavy atom. The van der Waals surface area contributed by atoms with E-state index in [9.17, 15) is 18.0 Å². The van der Waals surface area contributed by atoms with Gasteiger partial charge in [0.1, 0.15) is 5.82 Å². The van der Waals surface area contributed by atoms with Crippen molar-refractivity contribution in [3.05, 3.63) is 51.7 Å². The highest BCUT2D eigenvalue weighted by atomic mass is 19.3. The van der Waals surface area contributed by atoms with Crippen molar-refractivity contribution < 1.29 is 13.2 Å². The van der Waals surface area contributed by atoms with Crippen molar-refractivity contribution in [2.24, 2.45) is 0 Å². The molecule has 0 aliphatic heterocycles. The quantitative estimate of drug-likeness (QED) is 0.895. The second-order valence-electron chi connectivity index (χ2n) is 3.74. The second-order valence-corrected chi connectivity index (χ2v) is 3.74. The summed E-state index contributed by atoms with van der Waals surface area (Å²) in [5, 5.41) is 0. The molecule has 1 N–H and O–H groups in total. The van der Waals surface area contributed by atoms with Gasteiger partial charge in [-0.1, -0.05) is 24.3 Å². The lowest BCUT2D eigenvalue weighted by Gasteiger charge is -2.04. The number of halogens is 3. The van der Waals surface area contributed by atoms with E-state index in [0.29, 0.717) is 5.56 Å². The molecule has 0 unspecified atom stereocenters. The summed E-state index contributed by atoms with van der Waals surface area (Å²) in [6.07, 6.45) is -2.55. The van der Waals surface area contributed by atoms with Crippen LogP contribution in [-0.2, 0) is 0 Å². The van der Waals surface area contributed by atoms with Crippen LogP contribution >= 0.6 is 0 Å². The molecule has 0 fully saturated rings. The van der Waals surface area contributed by atoms with Crippen molar-refractivity contribution >= 4 is 0 Å². The third-order valence-corrected chi connectivity index (χ3v) is 2.46. The zero-order chi connectivity index (χ0) is 13.3. The summed E-state index contributed by atoms with van der Waals surface area (Å²) in [6, 6.07) is 5.27. The van der Waals surface area contributed by atoms with Gasteiger partial charge in [-0.2, -0.15) is 4.39 Å². The average Bonchev–Trinajstić information content (AvgIpc) is 2.35. The van der Waals surface area contributed by atoms with Crippen LogP contribution < -0.4 is 5.56 Å². The molecular formula is C12H9F3N2O. The summed E-state index contributed by atoms with van der Waals surface area (Å²) in [7, 11) is 0. The molecule has 2 aromatic rings. The third-order valence-electron chi connectivity index (χ3n) is 2.46. The standard InChI is InChI=1S/C12H9F3N2O/c1-6-9(13)12(18)17-11(16-6)8-4-2-7(3-5-8)10(14)15/h2-5,10H,1H3,(H,16,17,18). The summed E-state index contributed by atoms with van der Waals surface area (Å²) in [5.74, 6) is -0.789. The van der Waals surface area contributed by atoms with Crippen LogP contribution in [0.4, 0.5) is 13.2 Å². The Hall–Kier alpha value is -2.11. The fourth-order valence-corrected chi connectivity index (χ4v) is 1.49. The summed E-state index contributed by atoms with van der Waals surface area (Å²) in [5.41, 5.74) is -0.596. The zero-order valence-electron chi connectivity index (χ0n) is 9.38. The second kappa shape index (κ2) is 4.64. The molecule has 2 rings (SSSR count). The number of benzene rings is 1. The Balaban J connectivity index is 2.46. The maximum absolute atomic E-state index is 13.1. The van der Waals surface area contributed by atoms with E-state index in [2.05, 4.69) is 9.97 Å². The van der Waals surface area contributed by atoms with Crippen LogP contribution in [0.5, 0.6) is 0 Å². The van der Waals surface area contributed by atoms with Crippen molar-refractivity contribution in [1.29, 1.82) is 0 Å². The number of hydrogen-bond donors (Lipinski definition) is 1. The van der Waals surface area contributed by atoms with Crippen molar-refractivity contribution in [3.63, 3.8) is 0 Å². The molecule has 1 aromatic heterocycles. The largest absolute Gasteiger partial charge is 0.304 e. The molecule has 0 amide bonds. The highest BCUT2D eigenvalue weighted by Gasteiger charge is 2.10. The smallest absolute Gasteiger partial charge is 0.287 e. The van der Waals surface area contributed by atoms with Gasteiger partial charge in [-0.05, 0) is 6.92 Å². The normalized spacial score (nSPS) is 10.9. The number of aryl methyl sites for hydroxylation is 1. The number of hydrogen-bond acceptors (Lipinski definition) is 2. The number of alkyl halides is 2. The van der Waals surface area contributed by atoms with Gasteiger partial charge in [0.15, 0.2) is 0 Å².